The summed E-state index contributed by atoms with van der Waals surface area (Å²) in [6, 6.07) is 14.9. The van der Waals surface area contributed by atoms with Gasteiger partial charge >= 0.3 is 21.7 Å². The molecule has 1 aliphatic carbocycles. The van der Waals surface area contributed by atoms with Gasteiger partial charge in [-0.3, -0.25) is 6.08 Å². The van der Waals surface area contributed by atoms with E-state index < -0.39 is 13.1 Å². The Morgan fingerprint density at radius 2 is 0.679 bits per heavy atom. The van der Waals surface area contributed by atoms with Crippen LogP contribution in [0.4, 0.5) is 34.1 Å². The van der Waals surface area contributed by atoms with Crippen molar-refractivity contribution in [3.63, 3.8) is 0 Å². The van der Waals surface area contributed by atoms with E-state index in [1.165, 1.54) is 83.1 Å². The Hall–Kier alpha value is -2.26. The van der Waals surface area contributed by atoms with E-state index >= 15 is 0 Å². The van der Waals surface area contributed by atoms with Crippen LogP contribution < -0.4 is 82.2 Å². The first-order valence-corrected chi connectivity index (χ1v) is 19.4. The molecule has 1 unspecified atom stereocenters. The Labute approximate surface area is 357 Å². The molecule has 3 aromatic rings. The van der Waals surface area contributed by atoms with Gasteiger partial charge in [0.05, 0.1) is 0 Å². The van der Waals surface area contributed by atoms with Crippen LogP contribution in [0.2, 0.25) is 5.04 Å². The number of benzene rings is 3. The Kier molecular flexibility index (Phi) is 17.8. The van der Waals surface area contributed by atoms with Gasteiger partial charge in [0.25, 0.3) is 0 Å². The average Bonchev–Trinajstić information content (AvgIpc) is 3.19. The predicted octanol–water partition coefficient (Wildman–Crippen LogP) is -2.65. The summed E-state index contributed by atoms with van der Waals surface area (Å²) in [5.41, 5.74) is 15.4. The van der Waals surface area contributed by atoms with Gasteiger partial charge in [-0.15, -0.1) is 6.92 Å². The topological polar surface area (TPSA) is 19.4 Å². The quantitative estimate of drug-likeness (QED) is 0.126. The molecule has 0 fully saturated rings. The fourth-order valence-corrected chi connectivity index (χ4v) is 15.3. The van der Waals surface area contributed by atoms with Crippen LogP contribution in [0.3, 0.4) is 0 Å². The summed E-state index contributed by atoms with van der Waals surface area (Å²) in [4.78, 5) is 13.8. The fourth-order valence-electron chi connectivity index (χ4n) is 8.35. The third-order valence-corrected chi connectivity index (χ3v) is 16.7. The number of aryl methyl sites for hydroxylation is 3. The maximum Gasteiger partial charge on any atom is 4.00 e. The summed E-state index contributed by atoms with van der Waals surface area (Å²) in [6.07, 6.45) is 4.25. The molecule has 0 bridgehead atoms. The van der Waals surface area contributed by atoms with Crippen molar-refractivity contribution < 1.29 is 58.9 Å². The zero-order chi connectivity index (χ0) is 37.1. The van der Waals surface area contributed by atoms with Crippen molar-refractivity contribution in [3.8, 4) is 0 Å². The van der Waals surface area contributed by atoms with Crippen LogP contribution >= 0.6 is 0 Å². The van der Waals surface area contributed by atoms with Gasteiger partial charge in [-0.05, 0) is 71.2 Å². The molecule has 0 radical (unpaired) electrons. The molecule has 290 valence electrons. The first-order valence-electron chi connectivity index (χ1n) is 17.4. The van der Waals surface area contributed by atoms with Crippen LogP contribution in [-0.2, 0) is 21.7 Å². The van der Waals surface area contributed by atoms with E-state index in [1.54, 1.807) is 0 Å². The average molecular weight is 834 g/mol. The minimum atomic E-state index is -3.22. The van der Waals surface area contributed by atoms with Crippen molar-refractivity contribution in [1.29, 1.82) is 0 Å². The molecule has 6 nitrogen and oxygen atoms in total. The van der Waals surface area contributed by atoms with Gasteiger partial charge in [-0.25, -0.2) is 5.57 Å². The Morgan fingerprint density at radius 1 is 0.434 bits per heavy atom. The molecule has 0 saturated carbocycles. The third kappa shape index (κ3) is 8.46. The van der Waals surface area contributed by atoms with Gasteiger partial charge in [0.2, 0.25) is 0 Å². The Balaban J connectivity index is 0.00000676. The van der Waals surface area contributed by atoms with Crippen LogP contribution in [0.5, 0.6) is 0 Å². The van der Waals surface area contributed by atoms with E-state index in [-0.39, 0.29) is 58.9 Å². The van der Waals surface area contributed by atoms with Crippen molar-refractivity contribution in [2.75, 3.05) is 114 Å². The first-order chi connectivity index (χ1) is 22.6. The number of halogens is 3. The summed E-state index contributed by atoms with van der Waals surface area (Å²) < 4.78 is 0. The van der Waals surface area contributed by atoms with Crippen LogP contribution in [0.25, 0.3) is 0 Å². The first kappa shape index (κ1) is 50.7. The zero-order valence-electron chi connectivity index (χ0n) is 35.8. The van der Waals surface area contributed by atoms with E-state index in [1.807, 2.05) is 0 Å². The van der Waals surface area contributed by atoms with Gasteiger partial charge in [-0.2, -0.15) is 11.1 Å². The Morgan fingerprint density at radius 3 is 0.868 bits per heavy atom. The van der Waals surface area contributed by atoms with Gasteiger partial charge in [0, 0.05) is 119 Å². The summed E-state index contributed by atoms with van der Waals surface area (Å²) in [7, 11) is 23.0. The fraction of sp³-hybridized carbons (Fsp3) is 0.476. The molecule has 0 heterocycles. The minimum absolute atomic E-state index is 0. The van der Waals surface area contributed by atoms with Crippen molar-refractivity contribution >= 4 is 57.8 Å². The maximum absolute atomic E-state index is 4.25. The minimum Gasteiger partial charge on any atom is -1.00 e. The van der Waals surface area contributed by atoms with Gasteiger partial charge in [-0.1, -0.05) is 44.0 Å². The van der Waals surface area contributed by atoms with Crippen molar-refractivity contribution in [2.45, 2.75) is 53.5 Å². The number of hydrogen-bond donors (Lipinski definition) is 0. The molecule has 0 saturated heterocycles. The van der Waals surface area contributed by atoms with Crippen molar-refractivity contribution in [1.82, 2.24) is 0 Å². The molecule has 0 amide bonds. The molecule has 4 rings (SSSR count). The summed E-state index contributed by atoms with van der Waals surface area (Å²) in [5, 5.41) is 3.83. The molecular weight excluding hydrogens is 771 g/mol. The van der Waals surface area contributed by atoms with Gasteiger partial charge in [0.15, 0.2) is 8.07 Å². The zero-order valence-corrected chi connectivity index (χ0v) is 40.6. The van der Waals surface area contributed by atoms with E-state index in [2.05, 4.69) is 205 Å². The maximum atomic E-state index is 4.25. The second-order valence-corrected chi connectivity index (χ2v) is 19.8. The largest absolute Gasteiger partial charge is 4.00 e. The van der Waals surface area contributed by atoms with Gasteiger partial charge in [0.1, 0.15) is 0 Å². The van der Waals surface area contributed by atoms with E-state index in [0.29, 0.717) is 0 Å². The van der Waals surface area contributed by atoms with E-state index in [4.69, 9.17) is 0 Å². The normalized spacial score (nSPS) is 15.0. The summed E-state index contributed by atoms with van der Waals surface area (Å²) in [6.45, 7) is 16.3. The van der Waals surface area contributed by atoms with Crippen molar-refractivity contribution in [2.24, 2.45) is 0 Å². The second kappa shape index (κ2) is 18.6. The van der Waals surface area contributed by atoms with Crippen LogP contribution in [0.1, 0.15) is 44.4 Å². The number of rotatable bonds is 10. The molecule has 0 N–H and O–H groups in total. The SMILES string of the molecule is CC1=[C-]C(C)([Si](c2cc(C)c(N(C)C)cc2N(C)C)(c2cc(C)c(N(C)C)cc2N(C)C)c2cc(C)c(N(C)C)cc2N(C)C)C(C)=C1C.[Cl-].[Cl-].[Cl-].[Ti+4]. The van der Waals surface area contributed by atoms with Crippen LogP contribution in [-0.4, -0.2) is 92.6 Å². The van der Waals surface area contributed by atoms with Crippen molar-refractivity contribution in [3.05, 3.63) is 75.9 Å². The number of hydrogen-bond acceptors (Lipinski definition) is 6. The summed E-state index contributed by atoms with van der Waals surface area (Å²) in [5.74, 6) is 0. The molecule has 0 spiro atoms. The number of allylic oxidation sites excluding steroid dienone is 4. The van der Waals surface area contributed by atoms with Crippen LogP contribution in [0, 0.1) is 26.8 Å². The molecule has 3 aromatic carbocycles. The molecular formula is C42H63Cl3N6SiTi. The molecule has 1 aliphatic rings. The van der Waals surface area contributed by atoms with E-state index in [0.717, 1.165) is 0 Å². The summed E-state index contributed by atoms with van der Waals surface area (Å²) >= 11 is 0. The number of nitrogens with zero attached hydrogens (tertiary/aromatic N) is 6. The molecule has 11 heteroatoms. The molecule has 1 atom stereocenters. The van der Waals surface area contributed by atoms with Gasteiger partial charge < -0.3 is 66.6 Å². The molecule has 0 aliphatic heterocycles. The van der Waals surface area contributed by atoms with Crippen LogP contribution in [0.15, 0.2) is 53.1 Å². The second-order valence-electron chi connectivity index (χ2n) is 15.7. The standard InChI is InChI=1S/C42H63N6Si.3ClH.Ti/c1-27-20-39(36(46(14)15)23-33(27)43(8)9)49(42(7)26-30(4)31(5)32(42)6,40-21-28(2)34(44(10)11)24-37(40)47(16)17)41-22-29(3)35(45(12)13)25-38(41)48(18)19;;;;/h20-25H,1-19H3;3*1H;/q-1;;;;+4/p-3. The molecule has 53 heavy (non-hydrogen) atoms. The monoisotopic (exact) mass is 832 g/mol. The smallest absolute Gasteiger partial charge is 1.00 e. The predicted molar refractivity (Wildman–Crippen MR) is 223 cm³/mol. The molecule has 0 aromatic heterocycles. The number of anilines is 6. The third-order valence-electron chi connectivity index (χ3n) is 11.1. The Bertz CT molecular complexity index is 1670. The van der Waals surface area contributed by atoms with E-state index in [9.17, 15) is 0 Å².